The predicted molar refractivity (Wildman–Crippen MR) is 103 cm³/mol. The molecule has 1 atom stereocenters. The minimum absolute atomic E-state index is 0.0135. The van der Waals surface area contributed by atoms with Crippen molar-refractivity contribution in [3.63, 3.8) is 0 Å². The smallest absolute Gasteiger partial charge is 0.326 e. The van der Waals surface area contributed by atoms with Gasteiger partial charge in [0.15, 0.2) is 0 Å². The lowest BCUT2D eigenvalue weighted by atomic mass is 10.0. The average molecular weight is 375 g/mol. The van der Waals surface area contributed by atoms with Gasteiger partial charge in [-0.1, -0.05) is 32.0 Å². The van der Waals surface area contributed by atoms with Crippen LogP contribution in [0.2, 0.25) is 0 Å². The molecule has 1 aromatic carbocycles. The van der Waals surface area contributed by atoms with Crippen LogP contribution in [0.25, 0.3) is 0 Å². The first-order valence-electron chi connectivity index (χ1n) is 9.46. The van der Waals surface area contributed by atoms with Gasteiger partial charge < -0.3 is 20.2 Å². The van der Waals surface area contributed by atoms with Gasteiger partial charge in [-0.3, -0.25) is 9.59 Å². The van der Waals surface area contributed by atoms with Crippen molar-refractivity contribution in [2.75, 3.05) is 31.1 Å². The summed E-state index contributed by atoms with van der Waals surface area (Å²) in [5.74, 6) is -1.33. The third-order valence-corrected chi connectivity index (χ3v) is 4.66. The van der Waals surface area contributed by atoms with Crippen LogP contribution in [0.4, 0.5) is 5.69 Å². The van der Waals surface area contributed by atoms with Crippen molar-refractivity contribution in [2.24, 2.45) is 5.92 Å². The zero-order valence-corrected chi connectivity index (χ0v) is 16.1. The van der Waals surface area contributed by atoms with Crippen LogP contribution in [0.5, 0.6) is 0 Å². The Morgan fingerprint density at radius 3 is 2.22 bits per heavy atom. The second-order valence-corrected chi connectivity index (χ2v) is 7.29. The van der Waals surface area contributed by atoms with Gasteiger partial charge >= 0.3 is 5.97 Å². The molecule has 0 spiro atoms. The number of anilines is 1. The molecule has 1 aliphatic rings. The number of carboxylic acids is 1. The van der Waals surface area contributed by atoms with E-state index in [1.807, 2.05) is 32.0 Å². The van der Waals surface area contributed by atoms with Crippen molar-refractivity contribution in [2.45, 2.75) is 39.2 Å². The summed E-state index contributed by atoms with van der Waals surface area (Å²) in [6.07, 6.45) is 0.487. The summed E-state index contributed by atoms with van der Waals surface area (Å²) >= 11 is 0. The fraction of sp³-hybridized carbons (Fsp3) is 0.550. The Morgan fingerprint density at radius 2 is 1.67 bits per heavy atom. The lowest BCUT2D eigenvalue weighted by Crippen LogP contribution is -2.49. The van der Waals surface area contributed by atoms with Crippen LogP contribution in [0, 0.1) is 5.92 Å². The maximum atomic E-state index is 12.4. The molecule has 2 N–H and O–H groups in total. The Hall–Kier alpha value is -2.57. The molecule has 27 heavy (non-hydrogen) atoms. The minimum atomic E-state index is -1.04. The molecule has 2 rings (SSSR count). The van der Waals surface area contributed by atoms with E-state index in [9.17, 15) is 19.5 Å². The summed E-state index contributed by atoms with van der Waals surface area (Å²) in [6.45, 7) is 6.58. The fourth-order valence-electron chi connectivity index (χ4n) is 3.19. The van der Waals surface area contributed by atoms with Crippen molar-refractivity contribution in [3.05, 3.63) is 30.3 Å². The molecule has 2 amide bonds. The van der Waals surface area contributed by atoms with E-state index in [-0.39, 0.29) is 30.6 Å². The first-order valence-corrected chi connectivity index (χ1v) is 9.46. The maximum Gasteiger partial charge on any atom is 0.326 e. The number of aliphatic carboxylic acids is 1. The second kappa shape index (κ2) is 9.94. The highest BCUT2D eigenvalue weighted by molar-refractivity contribution is 5.87. The SMILES string of the molecule is CC(C)CC(NC(=O)CCC(=O)N1CCN(c2ccccc2)CC1)C(=O)O. The highest BCUT2D eigenvalue weighted by Crippen LogP contribution is 2.16. The van der Waals surface area contributed by atoms with E-state index in [4.69, 9.17) is 0 Å². The van der Waals surface area contributed by atoms with Gasteiger partial charge in [-0.15, -0.1) is 0 Å². The minimum Gasteiger partial charge on any atom is -0.480 e. The van der Waals surface area contributed by atoms with Crippen LogP contribution < -0.4 is 10.2 Å². The van der Waals surface area contributed by atoms with E-state index in [1.165, 1.54) is 0 Å². The van der Waals surface area contributed by atoms with E-state index in [1.54, 1.807) is 4.90 Å². The zero-order chi connectivity index (χ0) is 19.8. The number of nitrogens with zero attached hydrogens (tertiary/aromatic N) is 2. The van der Waals surface area contributed by atoms with Gasteiger partial charge in [0.2, 0.25) is 11.8 Å². The lowest BCUT2D eigenvalue weighted by Gasteiger charge is -2.36. The molecule has 0 aromatic heterocycles. The lowest BCUT2D eigenvalue weighted by molar-refractivity contribution is -0.142. The van der Waals surface area contributed by atoms with E-state index < -0.39 is 12.0 Å². The number of nitrogens with one attached hydrogen (secondary N) is 1. The Morgan fingerprint density at radius 1 is 1.04 bits per heavy atom. The van der Waals surface area contributed by atoms with E-state index >= 15 is 0 Å². The molecule has 148 valence electrons. The van der Waals surface area contributed by atoms with Gasteiger partial charge in [0.05, 0.1) is 0 Å². The number of benzene rings is 1. The van der Waals surface area contributed by atoms with Crippen LogP contribution in [-0.4, -0.2) is 60.0 Å². The molecule has 0 bridgehead atoms. The van der Waals surface area contributed by atoms with Crippen molar-refractivity contribution in [1.29, 1.82) is 0 Å². The molecule has 1 unspecified atom stereocenters. The van der Waals surface area contributed by atoms with Crippen molar-refractivity contribution >= 4 is 23.5 Å². The molecule has 7 nitrogen and oxygen atoms in total. The first-order chi connectivity index (χ1) is 12.9. The van der Waals surface area contributed by atoms with Crippen LogP contribution >= 0.6 is 0 Å². The zero-order valence-electron chi connectivity index (χ0n) is 16.1. The van der Waals surface area contributed by atoms with Gasteiger partial charge in [-0.05, 0) is 24.5 Å². The first kappa shape index (κ1) is 20.7. The van der Waals surface area contributed by atoms with Gasteiger partial charge in [0.1, 0.15) is 6.04 Å². The summed E-state index contributed by atoms with van der Waals surface area (Å²) in [4.78, 5) is 39.6. The number of carbonyl (C=O) groups excluding carboxylic acids is 2. The third kappa shape index (κ3) is 6.58. The Labute approximate surface area is 160 Å². The van der Waals surface area contributed by atoms with E-state index in [0.29, 0.717) is 19.5 Å². The van der Waals surface area contributed by atoms with Crippen molar-refractivity contribution in [1.82, 2.24) is 10.2 Å². The number of rotatable bonds is 8. The maximum absolute atomic E-state index is 12.4. The van der Waals surface area contributed by atoms with Crippen LogP contribution in [0.3, 0.4) is 0 Å². The number of carboxylic acid groups (broad SMARTS) is 1. The van der Waals surface area contributed by atoms with Gasteiger partial charge in [-0.25, -0.2) is 4.79 Å². The largest absolute Gasteiger partial charge is 0.480 e. The summed E-state index contributed by atoms with van der Waals surface area (Å²) in [6, 6.07) is 9.17. The van der Waals surface area contributed by atoms with E-state index in [2.05, 4.69) is 22.3 Å². The van der Waals surface area contributed by atoms with Crippen LogP contribution in [0.1, 0.15) is 33.1 Å². The molecular formula is C20H29N3O4. The number of carbonyl (C=O) groups is 3. The molecule has 1 saturated heterocycles. The van der Waals surface area contributed by atoms with Crippen molar-refractivity contribution in [3.8, 4) is 0 Å². The van der Waals surface area contributed by atoms with Crippen LogP contribution in [-0.2, 0) is 14.4 Å². The summed E-state index contributed by atoms with van der Waals surface area (Å²) in [5, 5.41) is 11.7. The van der Waals surface area contributed by atoms with E-state index in [0.717, 1.165) is 18.8 Å². The number of hydrogen-bond acceptors (Lipinski definition) is 4. The molecule has 1 aliphatic heterocycles. The predicted octanol–water partition coefficient (Wildman–Crippen LogP) is 1.73. The standard InChI is InChI=1S/C20H29N3O4/c1-15(2)14-17(20(26)27)21-18(24)8-9-19(25)23-12-10-22(11-13-23)16-6-4-3-5-7-16/h3-7,15,17H,8-14H2,1-2H3,(H,21,24)(H,26,27). The molecule has 0 saturated carbocycles. The summed E-state index contributed by atoms with van der Waals surface area (Å²) in [5.41, 5.74) is 1.15. The number of hydrogen-bond donors (Lipinski definition) is 2. The third-order valence-electron chi connectivity index (χ3n) is 4.66. The monoisotopic (exact) mass is 375 g/mol. The molecule has 1 aromatic rings. The number of piperazine rings is 1. The number of amides is 2. The topological polar surface area (TPSA) is 90.0 Å². The highest BCUT2D eigenvalue weighted by atomic mass is 16.4. The van der Waals surface area contributed by atoms with Crippen LogP contribution in [0.15, 0.2) is 30.3 Å². The molecule has 1 heterocycles. The molecule has 1 fully saturated rings. The van der Waals surface area contributed by atoms with Gasteiger partial charge in [0, 0.05) is 44.7 Å². The van der Waals surface area contributed by atoms with Gasteiger partial charge in [0.25, 0.3) is 0 Å². The van der Waals surface area contributed by atoms with Crippen molar-refractivity contribution < 1.29 is 19.5 Å². The van der Waals surface area contributed by atoms with Gasteiger partial charge in [-0.2, -0.15) is 0 Å². The molecular weight excluding hydrogens is 346 g/mol. The Kier molecular flexibility index (Phi) is 7.64. The molecule has 0 aliphatic carbocycles. The second-order valence-electron chi connectivity index (χ2n) is 7.29. The Bertz CT molecular complexity index is 640. The molecule has 7 heteroatoms. The number of para-hydroxylation sites is 1. The summed E-state index contributed by atoms with van der Waals surface area (Å²) in [7, 11) is 0. The highest BCUT2D eigenvalue weighted by Gasteiger charge is 2.24. The normalized spacial score (nSPS) is 15.5. The quantitative estimate of drug-likeness (QED) is 0.722. The summed E-state index contributed by atoms with van der Waals surface area (Å²) < 4.78 is 0. The average Bonchev–Trinajstić information content (AvgIpc) is 2.66. The molecule has 0 radical (unpaired) electrons. The fourth-order valence-corrected chi connectivity index (χ4v) is 3.19. The Balaban J connectivity index is 1.74.